The number of benzene rings is 1. The number of thioether (sulfide) groups is 1. The lowest BCUT2D eigenvalue weighted by Crippen LogP contribution is -2.55. The molecule has 1 saturated heterocycles. The Hall–Kier alpha value is -1.82. The highest BCUT2D eigenvalue weighted by Crippen LogP contribution is 2.42. The highest BCUT2D eigenvalue weighted by atomic mass is 32.2. The van der Waals surface area contributed by atoms with Gasteiger partial charge in [0.2, 0.25) is 5.91 Å². The Balaban J connectivity index is 1.52. The van der Waals surface area contributed by atoms with Crippen LogP contribution in [0.5, 0.6) is 0 Å². The molecule has 4 rings (SSSR count). The zero-order chi connectivity index (χ0) is 22.0. The second-order valence-corrected chi connectivity index (χ2v) is 10.7. The van der Waals surface area contributed by atoms with Gasteiger partial charge in [-0.1, -0.05) is 57.7 Å². The van der Waals surface area contributed by atoms with Gasteiger partial charge >= 0.3 is 0 Å². The van der Waals surface area contributed by atoms with Crippen LogP contribution < -0.4 is 5.32 Å². The Morgan fingerprint density at radius 2 is 1.94 bits per heavy atom. The lowest BCUT2D eigenvalue weighted by atomic mass is 9.78. The number of nitrogens with zero attached hydrogens (tertiary/aromatic N) is 1. The number of amides is 2. The van der Waals surface area contributed by atoms with Gasteiger partial charge in [0.25, 0.3) is 5.91 Å². The average molecular weight is 445 g/mol. The summed E-state index contributed by atoms with van der Waals surface area (Å²) in [5.74, 6) is 0.505. The summed E-state index contributed by atoms with van der Waals surface area (Å²) < 4.78 is 14.2. The molecule has 3 fully saturated rings. The number of carbonyl (C=O) groups is 2. The molecule has 5 atom stereocenters. The third-order valence-electron chi connectivity index (χ3n) is 7.38. The largest absolute Gasteiger partial charge is 0.352 e. The minimum absolute atomic E-state index is 0.0687. The summed E-state index contributed by atoms with van der Waals surface area (Å²) in [5.41, 5.74) is 0.419. The average Bonchev–Trinajstić information content (AvgIpc) is 2.76. The molecule has 31 heavy (non-hydrogen) atoms. The zero-order valence-electron chi connectivity index (χ0n) is 18.5. The van der Waals surface area contributed by atoms with Crippen LogP contribution in [0.2, 0.25) is 0 Å². The van der Waals surface area contributed by atoms with E-state index in [4.69, 9.17) is 0 Å². The van der Waals surface area contributed by atoms with Crippen molar-refractivity contribution in [2.75, 3.05) is 6.54 Å². The highest BCUT2D eigenvalue weighted by Gasteiger charge is 2.41. The van der Waals surface area contributed by atoms with E-state index in [1.54, 1.807) is 40.9 Å². The lowest BCUT2D eigenvalue weighted by Gasteiger charge is -2.44. The summed E-state index contributed by atoms with van der Waals surface area (Å²) in [6, 6.07) is 6.78. The number of fused-ring (bicyclic) bond motifs is 1. The Morgan fingerprint density at radius 1 is 1.16 bits per heavy atom. The Kier molecular flexibility index (Phi) is 7.05. The van der Waals surface area contributed by atoms with Crippen LogP contribution in [0.3, 0.4) is 0 Å². The minimum atomic E-state index is -0.334. The number of rotatable bonds is 4. The first-order chi connectivity index (χ1) is 14.9. The number of nitrogens with one attached hydrogen (secondary N) is 1. The second kappa shape index (κ2) is 9.76. The fraction of sp³-hybridized carbons (Fsp3) is 0.600. The maximum absolute atomic E-state index is 14.2. The molecule has 1 aliphatic heterocycles. The molecule has 6 heteroatoms. The molecule has 2 aliphatic carbocycles. The maximum atomic E-state index is 14.2. The molecule has 1 N–H and O–H groups in total. The van der Waals surface area contributed by atoms with Gasteiger partial charge in [-0.25, -0.2) is 4.39 Å². The Labute approximate surface area is 189 Å². The first-order valence-corrected chi connectivity index (χ1v) is 12.5. The van der Waals surface area contributed by atoms with Crippen molar-refractivity contribution in [2.45, 2.75) is 76.1 Å². The van der Waals surface area contributed by atoms with Crippen LogP contribution in [0.25, 0.3) is 6.08 Å². The summed E-state index contributed by atoms with van der Waals surface area (Å²) in [5, 5.41) is 3.49. The normalized spacial score (nSPS) is 32.6. The molecule has 3 aliphatic rings. The molecular formula is C25H33FN2O2S. The molecule has 0 aromatic heterocycles. The van der Waals surface area contributed by atoms with Gasteiger partial charge in [0.1, 0.15) is 12.4 Å². The van der Waals surface area contributed by atoms with Crippen LogP contribution in [-0.4, -0.2) is 40.6 Å². The molecule has 0 radical (unpaired) electrons. The molecule has 4 nitrogen and oxygen atoms in total. The van der Waals surface area contributed by atoms with E-state index in [1.807, 2.05) is 0 Å². The van der Waals surface area contributed by atoms with E-state index in [9.17, 15) is 14.0 Å². The molecule has 1 aromatic carbocycles. The number of hydrogen-bond acceptors (Lipinski definition) is 3. The van der Waals surface area contributed by atoms with Gasteiger partial charge in [-0.05, 0) is 43.2 Å². The topological polar surface area (TPSA) is 49.4 Å². The number of carbonyl (C=O) groups excluding carboxylic acids is 2. The Bertz CT molecular complexity index is 858. The minimum Gasteiger partial charge on any atom is -0.352 e. The molecule has 168 valence electrons. The fourth-order valence-electron chi connectivity index (χ4n) is 5.29. The molecular weight excluding hydrogens is 411 g/mol. The quantitative estimate of drug-likeness (QED) is 0.666. The smallest absolute Gasteiger partial charge is 0.261 e. The summed E-state index contributed by atoms with van der Waals surface area (Å²) >= 11 is 1.57. The van der Waals surface area contributed by atoms with Crippen molar-refractivity contribution in [1.29, 1.82) is 0 Å². The van der Waals surface area contributed by atoms with Crippen LogP contribution in [0.4, 0.5) is 4.39 Å². The van der Waals surface area contributed by atoms with E-state index in [2.05, 4.69) is 19.2 Å². The molecule has 1 aromatic rings. The molecule has 2 amide bonds. The SMILES string of the molecule is CC1CCCC(NC(=O)CN2C(=O)/C(=C/c3ccccc3F)SC3CCCCC32)C1C. The van der Waals surface area contributed by atoms with E-state index in [0.717, 1.165) is 38.5 Å². The van der Waals surface area contributed by atoms with Crippen LogP contribution in [0, 0.1) is 17.7 Å². The molecule has 1 heterocycles. The zero-order valence-corrected chi connectivity index (χ0v) is 19.3. The van der Waals surface area contributed by atoms with Crippen LogP contribution >= 0.6 is 11.8 Å². The van der Waals surface area contributed by atoms with Gasteiger partial charge in [0, 0.05) is 22.9 Å². The maximum Gasteiger partial charge on any atom is 0.261 e. The second-order valence-electron chi connectivity index (χ2n) is 9.41. The molecule has 5 unspecified atom stereocenters. The summed E-state index contributed by atoms with van der Waals surface area (Å²) in [7, 11) is 0. The third kappa shape index (κ3) is 5.00. The summed E-state index contributed by atoms with van der Waals surface area (Å²) in [6.07, 6.45) is 9.17. The van der Waals surface area contributed by atoms with E-state index < -0.39 is 0 Å². The predicted molar refractivity (Wildman–Crippen MR) is 124 cm³/mol. The van der Waals surface area contributed by atoms with Crippen molar-refractivity contribution >= 4 is 29.7 Å². The highest BCUT2D eigenvalue weighted by molar-refractivity contribution is 8.04. The molecule has 2 saturated carbocycles. The molecule has 0 spiro atoms. The van der Waals surface area contributed by atoms with E-state index >= 15 is 0 Å². The van der Waals surface area contributed by atoms with Crippen molar-refractivity contribution < 1.29 is 14.0 Å². The van der Waals surface area contributed by atoms with Gasteiger partial charge in [-0.2, -0.15) is 0 Å². The van der Waals surface area contributed by atoms with E-state index in [-0.39, 0.29) is 41.5 Å². The van der Waals surface area contributed by atoms with Gasteiger partial charge in [-0.3, -0.25) is 9.59 Å². The first kappa shape index (κ1) is 22.4. The standard InChI is InChI=1S/C25H33FN2O2S/c1-16-8-7-11-20(17(16)2)27-24(29)15-28-21-12-5-6-13-22(21)31-23(25(28)30)14-18-9-3-4-10-19(18)26/h3-4,9-10,14,16-17,20-22H,5-8,11-13,15H2,1-2H3,(H,27,29)/b23-14-. The lowest BCUT2D eigenvalue weighted by molar-refractivity contribution is -0.136. The fourth-order valence-corrected chi connectivity index (χ4v) is 6.75. The van der Waals surface area contributed by atoms with E-state index in [0.29, 0.717) is 22.3 Å². The van der Waals surface area contributed by atoms with Crippen molar-refractivity contribution in [3.05, 3.63) is 40.6 Å². The summed E-state index contributed by atoms with van der Waals surface area (Å²) in [4.78, 5) is 28.7. The predicted octanol–water partition coefficient (Wildman–Crippen LogP) is 4.99. The van der Waals surface area contributed by atoms with Crippen LogP contribution in [0.15, 0.2) is 29.2 Å². The van der Waals surface area contributed by atoms with Crippen molar-refractivity contribution in [3.63, 3.8) is 0 Å². The number of halogens is 1. The third-order valence-corrected chi connectivity index (χ3v) is 8.78. The van der Waals surface area contributed by atoms with Crippen LogP contribution in [0.1, 0.15) is 64.4 Å². The van der Waals surface area contributed by atoms with Crippen LogP contribution in [-0.2, 0) is 9.59 Å². The van der Waals surface area contributed by atoms with Crippen molar-refractivity contribution in [1.82, 2.24) is 10.2 Å². The summed E-state index contributed by atoms with van der Waals surface area (Å²) in [6.45, 7) is 4.55. The Morgan fingerprint density at radius 3 is 2.74 bits per heavy atom. The van der Waals surface area contributed by atoms with Gasteiger partial charge in [-0.15, -0.1) is 11.8 Å². The van der Waals surface area contributed by atoms with Crippen molar-refractivity contribution in [3.8, 4) is 0 Å². The van der Waals surface area contributed by atoms with Gasteiger partial charge in [0.15, 0.2) is 0 Å². The first-order valence-electron chi connectivity index (χ1n) is 11.7. The monoisotopic (exact) mass is 444 g/mol. The number of hydrogen-bond donors (Lipinski definition) is 1. The van der Waals surface area contributed by atoms with Gasteiger partial charge in [0.05, 0.1) is 4.91 Å². The molecule has 0 bridgehead atoms. The van der Waals surface area contributed by atoms with Crippen molar-refractivity contribution in [2.24, 2.45) is 11.8 Å². The van der Waals surface area contributed by atoms with E-state index in [1.165, 1.54) is 12.5 Å². The van der Waals surface area contributed by atoms with Gasteiger partial charge < -0.3 is 10.2 Å².